The average molecular weight is 288 g/mol. The molecule has 1 heterocycles. The number of benzene rings is 1. The Morgan fingerprint density at radius 1 is 1.53 bits per heavy atom. The number of rotatable bonds is 2. The molecular formula is C11H14BrNOS. The molecule has 1 aromatic rings. The van der Waals surface area contributed by atoms with Gasteiger partial charge in [-0.1, -0.05) is 15.9 Å². The van der Waals surface area contributed by atoms with Crippen LogP contribution in [0.4, 0.5) is 5.69 Å². The molecule has 0 amide bonds. The maximum Gasteiger partial charge on any atom is 0.0492 e. The summed E-state index contributed by atoms with van der Waals surface area (Å²) in [6, 6.07) is 6.69. The van der Waals surface area contributed by atoms with E-state index in [9.17, 15) is 0 Å². The smallest absolute Gasteiger partial charge is 0.0492 e. The summed E-state index contributed by atoms with van der Waals surface area (Å²) in [6.07, 6.45) is 0.842. The molecule has 2 rings (SSSR count). The lowest BCUT2D eigenvalue weighted by Crippen LogP contribution is -2.32. The van der Waals surface area contributed by atoms with E-state index in [1.54, 1.807) is 0 Å². The lowest BCUT2D eigenvalue weighted by Gasteiger charge is -2.31. The summed E-state index contributed by atoms with van der Waals surface area (Å²) in [4.78, 5) is 1.27. The van der Waals surface area contributed by atoms with Crippen LogP contribution < -0.4 is 5.32 Å². The van der Waals surface area contributed by atoms with Crippen molar-refractivity contribution in [3.05, 3.63) is 22.7 Å². The lowest BCUT2D eigenvalue weighted by molar-refractivity contribution is 0.284. The Labute approximate surface area is 103 Å². The zero-order valence-electron chi connectivity index (χ0n) is 8.53. The fraction of sp³-hybridized carbons (Fsp3) is 0.455. The SMILES string of the molecule is CC1Nc2cc(Br)ccc2SC1CCO. The van der Waals surface area contributed by atoms with E-state index >= 15 is 0 Å². The van der Waals surface area contributed by atoms with Gasteiger partial charge < -0.3 is 10.4 Å². The molecular weight excluding hydrogens is 274 g/mol. The number of fused-ring (bicyclic) bond motifs is 1. The molecule has 2 atom stereocenters. The molecule has 4 heteroatoms. The van der Waals surface area contributed by atoms with Gasteiger partial charge >= 0.3 is 0 Å². The first-order valence-electron chi connectivity index (χ1n) is 5.04. The average Bonchev–Trinajstić information content (AvgIpc) is 2.20. The number of hydrogen-bond acceptors (Lipinski definition) is 3. The van der Waals surface area contributed by atoms with E-state index in [0.717, 1.165) is 10.9 Å². The Bertz CT molecular complexity index is 358. The van der Waals surface area contributed by atoms with Crippen LogP contribution in [0.3, 0.4) is 0 Å². The Morgan fingerprint density at radius 3 is 3.07 bits per heavy atom. The van der Waals surface area contributed by atoms with Crippen LogP contribution in [0.1, 0.15) is 13.3 Å². The molecule has 2 N–H and O–H groups in total. The third-order valence-corrected chi connectivity index (χ3v) is 4.62. The van der Waals surface area contributed by atoms with E-state index < -0.39 is 0 Å². The summed E-state index contributed by atoms with van der Waals surface area (Å²) < 4.78 is 1.10. The first-order chi connectivity index (χ1) is 7.20. The van der Waals surface area contributed by atoms with Crippen molar-refractivity contribution in [2.24, 2.45) is 0 Å². The van der Waals surface area contributed by atoms with Crippen molar-refractivity contribution < 1.29 is 5.11 Å². The van der Waals surface area contributed by atoms with Gasteiger partial charge in [-0.25, -0.2) is 0 Å². The minimum absolute atomic E-state index is 0.259. The van der Waals surface area contributed by atoms with Crippen LogP contribution in [0.15, 0.2) is 27.6 Å². The zero-order valence-corrected chi connectivity index (χ0v) is 10.9. The van der Waals surface area contributed by atoms with E-state index in [1.165, 1.54) is 10.6 Å². The molecule has 1 aliphatic rings. The van der Waals surface area contributed by atoms with Gasteiger partial charge in [-0.15, -0.1) is 11.8 Å². The van der Waals surface area contributed by atoms with Gasteiger partial charge in [0.25, 0.3) is 0 Å². The quantitative estimate of drug-likeness (QED) is 0.877. The molecule has 0 radical (unpaired) electrons. The van der Waals surface area contributed by atoms with E-state index in [1.807, 2.05) is 11.8 Å². The Morgan fingerprint density at radius 2 is 2.33 bits per heavy atom. The van der Waals surface area contributed by atoms with Gasteiger partial charge in [0, 0.05) is 33.0 Å². The molecule has 0 aliphatic carbocycles. The summed E-state index contributed by atoms with van der Waals surface area (Å²) in [5.74, 6) is 0. The number of thioether (sulfide) groups is 1. The molecule has 15 heavy (non-hydrogen) atoms. The Kier molecular flexibility index (Phi) is 3.59. The maximum atomic E-state index is 8.98. The summed E-state index contributed by atoms with van der Waals surface area (Å²) >= 11 is 5.32. The number of halogens is 1. The molecule has 0 spiro atoms. The van der Waals surface area contributed by atoms with E-state index in [-0.39, 0.29) is 6.61 Å². The third-order valence-electron chi connectivity index (χ3n) is 2.57. The summed E-state index contributed by atoms with van der Waals surface area (Å²) in [7, 11) is 0. The van der Waals surface area contributed by atoms with Crippen molar-refractivity contribution in [3.8, 4) is 0 Å². The van der Waals surface area contributed by atoms with E-state index in [2.05, 4.69) is 46.4 Å². The molecule has 82 valence electrons. The fourth-order valence-electron chi connectivity index (χ4n) is 1.76. The normalized spacial score (nSPS) is 24.5. The molecule has 2 unspecified atom stereocenters. The van der Waals surface area contributed by atoms with Crippen LogP contribution in [-0.2, 0) is 0 Å². The van der Waals surface area contributed by atoms with Crippen LogP contribution >= 0.6 is 27.7 Å². The number of nitrogens with one attached hydrogen (secondary N) is 1. The minimum atomic E-state index is 0.259. The first-order valence-corrected chi connectivity index (χ1v) is 6.71. The molecule has 1 aromatic carbocycles. The van der Waals surface area contributed by atoms with Gasteiger partial charge in [-0.05, 0) is 31.5 Å². The highest BCUT2D eigenvalue weighted by Crippen LogP contribution is 2.40. The van der Waals surface area contributed by atoms with Gasteiger partial charge in [-0.2, -0.15) is 0 Å². The topological polar surface area (TPSA) is 32.3 Å². The largest absolute Gasteiger partial charge is 0.396 e. The van der Waals surface area contributed by atoms with Gasteiger partial charge in [0.05, 0.1) is 0 Å². The van der Waals surface area contributed by atoms with Crippen molar-refractivity contribution in [2.45, 2.75) is 29.5 Å². The molecule has 2 nitrogen and oxygen atoms in total. The Balaban J connectivity index is 2.22. The molecule has 0 saturated carbocycles. The van der Waals surface area contributed by atoms with Gasteiger partial charge in [0.2, 0.25) is 0 Å². The highest BCUT2D eigenvalue weighted by Gasteiger charge is 2.24. The van der Waals surface area contributed by atoms with E-state index in [0.29, 0.717) is 11.3 Å². The van der Waals surface area contributed by atoms with Gasteiger partial charge in [0.15, 0.2) is 0 Å². The summed E-state index contributed by atoms with van der Waals surface area (Å²) in [5.41, 5.74) is 1.19. The van der Waals surface area contributed by atoms with Crippen molar-refractivity contribution in [1.29, 1.82) is 0 Å². The van der Waals surface area contributed by atoms with Crippen LogP contribution in [-0.4, -0.2) is 23.0 Å². The van der Waals surface area contributed by atoms with Crippen molar-refractivity contribution in [3.63, 3.8) is 0 Å². The predicted octanol–water partition coefficient (Wildman–Crippen LogP) is 3.11. The standard InChI is InChI=1S/C11H14BrNOS/c1-7-10(4-5-14)15-11-3-2-8(12)6-9(11)13-7/h2-3,6-7,10,13-14H,4-5H2,1H3. The highest BCUT2D eigenvalue weighted by molar-refractivity contribution is 9.10. The lowest BCUT2D eigenvalue weighted by atomic mass is 10.1. The second kappa shape index (κ2) is 4.76. The number of anilines is 1. The monoisotopic (exact) mass is 287 g/mol. The van der Waals surface area contributed by atoms with Gasteiger partial charge in [0.1, 0.15) is 0 Å². The maximum absolute atomic E-state index is 8.98. The van der Waals surface area contributed by atoms with Crippen molar-refractivity contribution in [1.82, 2.24) is 0 Å². The second-order valence-electron chi connectivity index (χ2n) is 3.74. The fourth-order valence-corrected chi connectivity index (χ4v) is 3.33. The minimum Gasteiger partial charge on any atom is -0.396 e. The highest BCUT2D eigenvalue weighted by atomic mass is 79.9. The molecule has 0 bridgehead atoms. The van der Waals surface area contributed by atoms with Crippen LogP contribution in [0.5, 0.6) is 0 Å². The first kappa shape index (κ1) is 11.3. The third kappa shape index (κ3) is 2.49. The summed E-state index contributed by atoms with van der Waals surface area (Å²) in [6.45, 7) is 2.42. The molecule has 0 fully saturated rings. The van der Waals surface area contributed by atoms with Crippen molar-refractivity contribution >= 4 is 33.4 Å². The molecule has 1 aliphatic heterocycles. The molecule has 0 aromatic heterocycles. The van der Waals surface area contributed by atoms with Crippen LogP contribution in [0, 0.1) is 0 Å². The second-order valence-corrected chi connectivity index (χ2v) is 5.94. The van der Waals surface area contributed by atoms with Crippen LogP contribution in [0.25, 0.3) is 0 Å². The Hall–Kier alpha value is -0.190. The molecule has 0 saturated heterocycles. The summed E-state index contributed by atoms with van der Waals surface area (Å²) in [5, 5.41) is 12.9. The van der Waals surface area contributed by atoms with Gasteiger partial charge in [-0.3, -0.25) is 0 Å². The van der Waals surface area contributed by atoms with Crippen molar-refractivity contribution in [2.75, 3.05) is 11.9 Å². The predicted molar refractivity (Wildman–Crippen MR) is 68.6 cm³/mol. The number of hydrogen-bond donors (Lipinski definition) is 2. The van der Waals surface area contributed by atoms with E-state index in [4.69, 9.17) is 5.11 Å². The zero-order chi connectivity index (χ0) is 10.8. The van der Waals surface area contributed by atoms with Crippen LogP contribution in [0.2, 0.25) is 0 Å². The number of aliphatic hydroxyl groups is 1. The number of aliphatic hydroxyl groups excluding tert-OH is 1.